The van der Waals surface area contributed by atoms with Crippen molar-refractivity contribution in [2.24, 2.45) is 0 Å². The molecule has 28 heavy (non-hydrogen) atoms. The highest BCUT2D eigenvalue weighted by atomic mass is 32.1. The second kappa shape index (κ2) is 7.10. The minimum absolute atomic E-state index is 0.0438. The fraction of sp³-hybridized carbons (Fsp3) is 0.400. The molecule has 2 aliphatic heterocycles. The largest absolute Gasteiger partial charge is 0.338 e. The van der Waals surface area contributed by atoms with Crippen LogP contribution in [0.5, 0.6) is 0 Å². The zero-order chi connectivity index (χ0) is 19.1. The lowest BCUT2D eigenvalue weighted by atomic mass is 10.1. The Balaban J connectivity index is 1.26. The van der Waals surface area contributed by atoms with Crippen LogP contribution in [-0.4, -0.2) is 51.9 Å². The Morgan fingerprint density at radius 3 is 2.86 bits per heavy atom. The van der Waals surface area contributed by atoms with Crippen LogP contribution in [-0.2, 0) is 11.2 Å². The Bertz CT molecular complexity index is 1030. The molecule has 5 rings (SSSR count). The summed E-state index contributed by atoms with van der Waals surface area (Å²) >= 11 is 1.68. The minimum Gasteiger partial charge on any atom is -0.338 e. The summed E-state index contributed by atoms with van der Waals surface area (Å²) in [5.74, 6) is 0.813. The van der Waals surface area contributed by atoms with Gasteiger partial charge in [0.25, 0.3) is 0 Å². The Morgan fingerprint density at radius 1 is 1.14 bits per heavy atom. The number of hydrogen-bond acceptors (Lipinski definition) is 7. The monoisotopic (exact) mass is 394 g/mol. The lowest BCUT2D eigenvalue weighted by Gasteiger charge is -2.38. The first-order chi connectivity index (χ1) is 13.7. The van der Waals surface area contributed by atoms with E-state index in [0.29, 0.717) is 18.9 Å². The molecule has 2 aromatic heterocycles. The van der Waals surface area contributed by atoms with Crippen molar-refractivity contribution in [1.82, 2.24) is 19.9 Å². The fourth-order valence-electron chi connectivity index (χ4n) is 3.95. The van der Waals surface area contributed by atoms with Crippen LogP contribution in [0.3, 0.4) is 0 Å². The molecule has 0 saturated carbocycles. The summed E-state index contributed by atoms with van der Waals surface area (Å²) in [6.07, 6.45) is 2.93. The minimum atomic E-state index is 0.0438. The quantitative estimate of drug-likeness (QED) is 0.736. The number of nitrogens with one attached hydrogen (secondary N) is 1. The summed E-state index contributed by atoms with van der Waals surface area (Å²) in [4.78, 5) is 29.9. The third-order valence-corrected chi connectivity index (χ3v) is 6.51. The Morgan fingerprint density at radius 2 is 2.00 bits per heavy atom. The molecule has 7 nitrogen and oxygen atoms in total. The van der Waals surface area contributed by atoms with Crippen LogP contribution < -0.4 is 10.2 Å². The smallest absolute Gasteiger partial charge is 0.225 e. The van der Waals surface area contributed by atoms with Gasteiger partial charge < -0.3 is 10.2 Å². The predicted molar refractivity (Wildman–Crippen MR) is 111 cm³/mol. The number of piperazine rings is 1. The van der Waals surface area contributed by atoms with E-state index in [1.807, 2.05) is 5.51 Å². The molecule has 3 aromatic rings. The Labute approximate surface area is 167 Å². The SMILES string of the molecule is CC(c1ccc2scnc2c1)N1CCN(c2ncc3c(n2)CCC(=O)N3)CC1. The molecule has 1 amide bonds. The summed E-state index contributed by atoms with van der Waals surface area (Å²) < 4.78 is 1.24. The third kappa shape index (κ3) is 3.22. The molecule has 144 valence electrons. The van der Waals surface area contributed by atoms with Crippen LogP contribution in [0.25, 0.3) is 10.2 Å². The third-order valence-electron chi connectivity index (χ3n) is 5.70. The molecule has 1 unspecified atom stereocenters. The highest BCUT2D eigenvalue weighted by Crippen LogP contribution is 2.27. The van der Waals surface area contributed by atoms with Gasteiger partial charge in [-0.15, -0.1) is 11.3 Å². The molecule has 1 fully saturated rings. The van der Waals surface area contributed by atoms with E-state index in [1.165, 1.54) is 10.3 Å². The van der Waals surface area contributed by atoms with E-state index in [2.05, 4.69) is 50.2 Å². The van der Waals surface area contributed by atoms with Gasteiger partial charge in [0.05, 0.1) is 33.3 Å². The maximum atomic E-state index is 11.5. The average Bonchev–Trinajstić information content (AvgIpc) is 3.21. The maximum absolute atomic E-state index is 11.5. The molecule has 4 heterocycles. The number of amides is 1. The second-order valence-corrected chi connectivity index (χ2v) is 8.24. The summed E-state index contributed by atoms with van der Waals surface area (Å²) in [7, 11) is 0. The van der Waals surface area contributed by atoms with E-state index in [0.717, 1.165) is 49.0 Å². The second-order valence-electron chi connectivity index (χ2n) is 7.36. The summed E-state index contributed by atoms with van der Waals surface area (Å²) in [6, 6.07) is 6.96. The van der Waals surface area contributed by atoms with Crippen molar-refractivity contribution >= 4 is 39.1 Å². The Kier molecular flexibility index (Phi) is 4.44. The van der Waals surface area contributed by atoms with Gasteiger partial charge in [0.1, 0.15) is 0 Å². The number of carbonyl (C=O) groups is 1. The van der Waals surface area contributed by atoms with Gasteiger partial charge in [-0.1, -0.05) is 6.07 Å². The van der Waals surface area contributed by atoms with Crippen LogP contribution in [0.2, 0.25) is 0 Å². The van der Waals surface area contributed by atoms with Gasteiger partial charge in [-0.3, -0.25) is 9.69 Å². The van der Waals surface area contributed by atoms with E-state index < -0.39 is 0 Å². The first kappa shape index (κ1) is 17.5. The normalized spacial score (nSPS) is 18.8. The van der Waals surface area contributed by atoms with Crippen LogP contribution >= 0.6 is 11.3 Å². The van der Waals surface area contributed by atoms with Crippen LogP contribution in [0.1, 0.15) is 30.6 Å². The van der Waals surface area contributed by atoms with Gasteiger partial charge in [-0.25, -0.2) is 15.0 Å². The van der Waals surface area contributed by atoms with Gasteiger partial charge in [0.15, 0.2) is 0 Å². The van der Waals surface area contributed by atoms with Gasteiger partial charge >= 0.3 is 0 Å². The van der Waals surface area contributed by atoms with Crippen molar-refractivity contribution in [1.29, 1.82) is 0 Å². The molecular formula is C20H22N6OS. The van der Waals surface area contributed by atoms with E-state index >= 15 is 0 Å². The van der Waals surface area contributed by atoms with E-state index in [9.17, 15) is 4.79 Å². The number of hydrogen-bond donors (Lipinski definition) is 1. The lowest BCUT2D eigenvalue weighted by molar-refractivity contribution is -0.116. The molecule has 1 N–H and O–H groups in total. The van der Waals surface area contributed by atoms with Crippen LogP contribution in [0.4, 0.5) is 11.6 Å². The number of anilines is 2. The van der Waals surface area contributed by atoms with Gasteiger partial charge in [-0.2, -0.15) is 0 Å². The van der Waals surface area contributed by atoms with Crippen molar-refractivity contribution in [3.63, 3.8) is 0 Å². The molecule has 0 radical (unpaired) electrons. The number of carbonyl (C=O) groups excluding carboxylic acids is 1. The van der Waals surface area contributed by atoms with Crippen molar-refractivity contribution < 1.29 is 4.79 Å². The molecule has 1 atom stereocenters. The first-order valence-corrected chi connectivity index (χ1v) is 10.5. The Hall–Kier alpha value is -2.58. The summed E-state index contributed by atoms with van der Waals surface area (Å²) in [5.41, 5.74) is 6.00. The molecule has 0 aliphatic carbocycles. The van der Waals surface area contributed by atoms with Crippen molar-refractivity contribution in [2.45, 2.75) is 25.8 Å². The lowest BCUT2D eigenvalue weighted by Crippen LogP contribution is -2.47. The molecule has 1 aromatic carbocycles. The standard InChI is InChI=1S/C20H22N6OS/c1-13(14-2-4-18-16(10-14)22-12-28-18)25-6-8-26(9-7-25)20-21-11-17-15(24-20)3-5-19(27)23-17/h2,4,10-13H,3,5-9H2,1H3,(H,23,27). The maximum Gasteiger partial charge on any atom is 0.225 e. The number of aryl methyl sites for hydroxylation is 1. The number of nitrogens with zero attached hydrogens (tertiary/aromatic N) is 5. The van der Waals surface area contributed by atoms with Crippen molar-refractivity contribution in [3.05, 3.63) is 41.2 Å². The highest BCUT2D eigenvalue weighted by Gasteiger charge is 2.25. The molecule has 1 saturated heterocycles. The topological polar surface area (TPSA) is 74.2 Å². The molecule has 0 bridgehead atoms. The first-order valence-electron chi connectivity index (χ1n) is 9.65. The zero-order valence-corrected chi connectivity index (χ0v) is 16.6. The number of benzene rings is 1. The molecule has 8 heteroatoms. The fourth-order valence-corrected chi connectivity index (χ4v) is 4.61. The average molecular weight is 395 g/mol. The molecule has 0 spiro atoms. The van der Waals surface area contributed by atoms with Crippen molar-refractivity contribution in [3.8, 4) is 0 Å². The van der Waals surface area contributed by atoms with Crippen LogP contribution in [0, 0.1) is 0 Å². The van der Waals surface area contributed by atoms with Crippen molar-refractivity contribution in [2.75, 3.05) is 36.4 Å². The van der Waals surface area contributed by atoms with E-state index in [1.54, 1.807) is 17.5 Å². The van der Waals surface area contributed by atoms with Gasteiger partial charge in [0, 0.05) is 45.1 Å². The number of aromatic nitrogens is 3. The molecular weight excluding hydrogens is 372 g/mol. The van der Waals surface area contributed by atoms with Crippen LogP contribution in [0.15, 0.2) is 29.9 Å². The number of thiazole rings is 1. The molecule has 2 aliphatic rings. The van der Waals surface area contributed by atoms with Gasteiger partial charge in [-0.05, 0) is 24.6 Å². The number of rotatable bonds is 3. The predicted octanol–water partition coefficient (Wildman–Crippen LogP) is 2.85. The van der Waals surface area contributed by atoms with Gasteiger partial charge in [0.2, 0.25) is 11.9 Å². The van der Waals surface area contributed by atoms with E-state index in [-0.39, 0.29) is 5.91 Å². The van der Waals surface area contributed by atoms with E-state index in [4.69, 9.17) is 4.98 Å². The zero-order valence-electron chi connectivity index (χ0n) is 15.8. The summed E-state index contributed by atoms with van der Waals surface area (Å²) in [6.45, 7) is 5.99. The summed E-state index contributed by atoms with van der Waals surface area (Å²) in [5, 5.41) is 2.85. The number of fused-ring (bicyclic) bond motifs is 2. The highest BCUT2D eigenvalue weighted by molar-refractivity contribution is 7.16.